The van der Waals surface area contributed by atoms with Crippen LogP contribution in [0.4, 0.5) is 0 Å². The summed E-state index contributed by atoms with van der Waals surface area (Å²) in [4.78, 5) is 0.357. The minimum atomic E-state index is -1.56. The minimum Gasteiger partial charge on any atom is -0.129 e. The van der Waals surface area contributed by atoms with E-state index < -0.39 is 8.07 Å². The molecule has 0 aromatic carbocycles. The lowest BCUT2D eigenvalue weighted by Gasteiger charge is -2.38. The summed E-state index contributed by atoms with van der Waals surface area (Å²) in [6, 6.07) is 0. The molecular weight excluding hydrogens is 336 g/mol. The van der Waals surface area contributed by atoms with Crippen LogP contribution in [0.5, 0.6) is 0 Å². The lowest BCUT2D eigenvalue weighted by Crippen LogP contribution is -2.43. The Morgan fingerprint density at radius 1 is 0.952 bits per heavy atom. The van der Waals surface area contributed by atoms with Crippen LogP contribution < -0.4 is 0 Å². The first-order chi connectivity index (χ1) is 9.78. The summed E-state index contributed by atoms with van der Waals surface area (Å²) < 4.78 is 0. The van der Waals surface area contributed by atoms with Gasteiger partial charge in [-0.05, 0) is 42.3 Å². The highest BCUT2D eigenvalue weighted by molar-refractivity contribution is 9.09. The monoisotopic (exact) mass is 370 g/mol. The van der Waals surface area contributed by atoms with Crippen LogP contribution in [-0.4, -0.2) is 12.9 Å². The standard InChI is InChI=1S/C19H35BrSi/c1-8-9-10-11-12-13-19(20)14-15-21(16(2)3,17(4)5)18(6)7/h9-10,16-19H,8,11-13H2,1-7H3/b10-9-. The van der Waals surface area contributed by atoms with Gasteiger partial charge in [-0.2, -0.15) is 0 Å². The molecule has 0 bridgehead atoms. The van der Waals surface area contributed by atoms with Crippen molar-refractivity contribution in [2.24, 2.45) is 0 Å². The van der Waals surface area contributed by atoms with Gasteiger partial charge in [0.25, 0.3) is 0 Å². The maximum atomic E-state index is 3.81. The Morgan fingerprint density at radius 2 is 1.48 bits per heavy atom. The van der Waals surface area contributed by atoms with E-state index in [1.54, 1.807) is 0 Å². The maximum Gasteiger partial charge on any atom is 0.146 e. The van der Waals surface area contributed by atoms with E-state index in [4.69, 9.17) is 0 Å². The van der Waals surface area contributed by atoms with Crippen molar-refractivity contribution in [3.63, 3.8) is 0 Å². The molecule has 1 atom stereocenters. The molecule has 1 unspecified atom stereocenters. The average Bonchev–Trinajstić information content (AvgIpc) is 2.37. The number of hydrogen-bond acceptors (Lipinski definition) is 0. The van der Waals surface area contributed by atoms with Crippen molar-refractivity contribution in [2.75, 3.05) is 0 Å². The predicted molar refractivity (Wildman–Crippen MR) is 105 cm³/mol. The number of alkyl halides is 1. The molecule has 0 amide bonds. The molecule has 0 aliphatic carbocycles. The number of unbranched alkanes of at least 4 members (excludes halogenated alkanes) is 1. The molecule has 0 spiro atoms. The first-order valence-electron chi connectivity index (χ1n) is 8.60. The van der Waals surface area contributed by atoms with Gasteiger partial charge in [0.15, 0.2) is 0 Å². The second-order valence-electron chi connectivity index (χ2n) is 6.94. The molecular formula is C19H35BrSi. The van der Waals surface area contributed by atoms with Crippen LogP contribution in [0, 0.1) is 11.5 Å². The highest BCUT2D eigenvalue weighted by Crippen LogP contribution is 2.40. The van der Waals surface area contributed by atoms with Crippen LogP contribution in [0.25, 0.3) is 0 Å². The van der Waals surface area contributed by atoms with Gasteiger partial charge in [-0.15, -0.1) is 5.54 Å². The summed E-state index contributed by atoms with van der Waals surface area (Å²) in [7, 11) is -1.56. The Balaban J connectivity index is 4.76. The van der Waals surface area contributed by atoms with E-state index in [0.717, 1.165) is 29.5 Å². The molecule has 0 saturated carbocycles. The molecule has 2 heteroatoms. The minimum absolute atomic E-state index is 0.357. The largest absolute Gasteiger partial charge is 0.146 e. The zero-order valence-corrected chi connectivity index (χ0v) is 17.8. The lowest BCUT2D eigenvalue weighted by atomic mass is 10.2. The molecule has 0 rings (SSSR count). The van der Waals surface area contributed by atoms with Gasteiger partial charge < -0.3 is 0 Å². The summed E-state index contributed by atoms with van der Waals surface area (Å²) in [5.41, 5.74) is 5.97. The van der Waals surface area contributed by atoms with Gasteiger partial charge in [0, 0.05) is 0 Å². The number of hydrogen-bond donors (Lipinski definition) is 0. The van der Waals surface area contributed by atoms with Gasteiger partial charge in [-0.25, -0.2) is 0 Å². The Kier molecular flexibility index (Phi) is 10.7. The van der Waals surface area contributed by atoms with E-state index in [-0.39, 0.29) is 0 Å². The van der Waals surface area contributed by atoms with Crippen LogP contribution in [-0.2, 0) is 0 Å². The summed E-state index contributed by atoms with van der Waals surface area (Å²) in [5, 5.41) is 0. The molecule has 122 valence electrons. The first-order valence-corrected chi connectivity index (χ1v) is 11.7. The van der Waals surface area contributed by atoms with Crippen molar-refractivity contribution in [3.05, 3.63) is 12.2 Å². The van der Waals surface area contributed by atoms with Crippen molar-refractivity contribution < 1.29 is 0 Å². The molecule has 0 saturated heterocycles. The number of rotatable bonds is 8. The molecule has 0 N–H and O–H groups in total. The summed E-state index contributed by atoms with van der Waals surface area (Å²) >= 11 is 3.77. The van der Waals surface area contributed by atoms with E-state index in [1.165, 1.54) is 12.8 Å². The Bertz CT molecular complexity index is 336. The molecule has 0 aromatic rings. The molecule has 0 aliphatic rings. The van der Waals surface area contributed by atoms with Crippen molar-refractivity contribution >= 4 is 24.0 Å². The van der Waals surface area contributed by atoms with Gasteiger partial charge in [-0.3, -0.25) is 0 Å². The maximum absolute atomic E-state index is 3.81. The van der Waals surface area contributed by atoms with Gasteiger partial charge >= 0.3 is 0 Å². The fraction of sp³-hybridized carbons (Fsp3) is 0.789. The smallest absolute Gasteiger partial charge is 0.129 e. The topological polar surface area (TPSA) is 0 Å². The third kappa shape index (κ3) is 6.74. The number of allylic oxidation sites excluding steroid dienone is 2. The molecule has 0 nitrogen and oxygen atoms in total. The van der Waals surface area contributed by atoms with Crippen molar-refractivity contribution in [1.82, 2.24) is 0 Å². The average molecular weight is 371 g/mol. The van der Waals surface area contributed by atoms with E-state index in [1.807, 2.05) is 0 Å². The van der Waals surface area contributed by atoms with E-state index in [9.17, 15) is 0 Å². The van der Waals surface area contributed by atoms with Gasteiger partial charge in [0.05, 0.1) is 4.83 Å². The zero-order chi connectivity index (χ0) is 16.5. The summed E-state index contributed by atoms with van der Waals surface area (Å²) in [5.74, 6) is 3.56. The zero-order valence-electron chi connectivity index (χ0n) is 15.2. The van der Waals surface area contributed by atoms with E-state index in [0.29, 0.717) is 4.83 Å². The summed E-state index contributed by atoms with van der Waals surface area (Å²) in [6.45, 7) is 16.4. The first kappa shape index (κ1) is 21.0. The van der Waals surface area contributed by atoms with Crippen molar-refractivity contribution in [1.29, 1.82) is 0 Å². The van der Waals surface area contributed by atoms with Crippen molar-refractivity contribution in [2.45, 2.75) is 95.6 Å². The van der Waals surface area contributed by atoms with Crippen molar-refractivity contribution in [3.8, 4) is 11.5 Å². The van der Waals surface area contributed by atoms with Crippen LogP contribution in [0.3, 0.4) is 0 Å². The third-order valence-corrected chi connectivity index (χ3v) is 11.5. The van der Waals surface area contributed by atoms with Gasteiger partial charge in [-0.1, -0.05) is 82.5 Å². The van der Waals surface area contributed by atoms with E-state index >= 15 is 0 Å². The lowest BCUT2D eigenvalue weighted by molar-refractivity contribution is 0.785. The third-order valence-electron chi connectivity index (χ3n) is 4.54. The molecule has 21 heavy (non-hydrogen) atoms. The van der Waals surface area contributed by atoms with Crippen LogP contribution >= 0.6 is 15.9 Å². The Labute approximate surface area is 143 Å². The molecule has 0 aliphatic heterocycles. The van der Waals surface area contributed by atoms with Crippen LogP contribution in [0.2, 0.25) is 16.6 Å². The SMILES string of the molecule is CC/C=C\CCCC(Br)C#C[Si](C(C)C)(C(C)C)C(C)C. The summed E-state index contributed by atoms with van der Waals surface area (Å²) in [6.07, 6.45) is 9.24. The normalized spacial score (nSPS) is 14.0. The van der Waals surface area contributed by atoms with Crippen LogP contribution in [0.15, 0.2) is 12.2 Å². The highest BCUT2D eigenvalue weighted by Gasteiger charge is 2.41. The fourth-order valence-corrected chi connectivity index (χ4v) is 9.35. The molecule has 0 heterocycles. The molecule has 0 aromatic heterocycles. The second-order valence-corrected chi connectivity index (χ2v) is 13.6. The number of halogens is 1. The van der Waals surface area contributed by atoms with E-state index in [2.05, 4.69) is 88.0 Å². The second kappa shape index (κ2) is 10.7. The highest BCUT2D eigenvalue weighted by atomic mass is 79.9. The van der Waals surface area contributed by atoms with Gasteiger partial charge in [0.1, 0.15) is 8.07 Å². The van der Waals surface area contributed by atoms with Crippen LogP contribution in [0.1, 0.15) is 74.1 Å². The molecule has 0 radical (unpaired) electrons. The van der Waals surface area contributed by atoms with Gasteiger partial charge in [0.2, 0.25) is 0 Å². The quantitative estimate of drug-likeness (QED) is 0.140. The molecule has 0 fully saturated rings. The fourth-order valence-electron chi connectivity index (χ4n) is 3.41. The Morgan fingerprint density at radius 3 is 1.90 bits per heavy atom. The Hall–Kier alpha value is -0.00312. The predicted octanol–water partition coefficient (Wildman–Crippen LogP) is 7.11.